The van der Waals surface area contributed by atoms with Crippen molar-refractivity contribution in [3.63, 3.8) is 0 Å². The molecule has 0 aliphatic carbocycles. The maximum absolute atomic E-state index is 12.5. The Morgan fingerprint density at radius 3 is 2.86 bits per heavy atom. The molecule has 5 nitrogen and oxygen atoms in total. The summed E-state index contributed by atoms with van der Waals surface area (Å²) in [6.07, 6.45) is 4.32. The van der Waals surface area contributed by atoms with Gasteiger partial charge in [0.2, 0.25) is 0 Å². The highest BCUT2D eigenvalue weighted by Gasteiger charge is 2.28. The minimum absolute atomic E-state index is 0.0236. The highest BCUT2D eigenvalue weighted by Crippen LogP contribution is 2.24. The summed E-state index contributed by atoms with van der Waals surface area (Å²) >= 11 is 0. The van der Waals surface area contributed by atoms with E-state index in [1.165, 1.54) is 0 Å². The summed E-state index contributed by atoms with van der Waals surface area (Å²) in [5, 5.41) is 3.76. The Kier molecular flexibility index (Phi) is 4.01. The van der Waals surface area contributed by atoms with Gasteiger partial charge in [-0.3, -0.25) is 0 Å². The standard InChI is InChI=1S/C15H21N3O2S/c16-8-7-12-10-18(14-5-2-1-4-13(12)14)11-21(19,20)15-6-3-9-17-15/h1-2,4-5,10,15,17H,3,6-9,11,16H2. The first kappa shape index (κ1) is 14.6. The molecular weight excluding hydrogens is 286 g/mol. The van der Waals surface area contributed by atoms with Gasteiger partial charge in [-0.05, 0) is 44.0 Å². The molecule has 1 aromatic carbocycles. The van der Waals surface area contributed by atoms with Gasteiger partial charge in [-0.25, -0.2) is 8.42 Å². The molecule has 114 valence electrons. The van der Waals surface area contributed by atoms with E-state index in [2.05, 4.69) is 5.32 Å². The second kappa shape index (κ2) is 5.79. The highest BCUT2D eigenvalue weighted by atomic mass is 32.2. The predicted octanol–water partition coefficient (Wildman–Crippen LogP) is 1.22. The number of fused-ring (bicyclic) bond motifs is 1. The molecule has 1 unspecified atom stereocenters. The third kappa shape index (κ3) is 2.84. The smallest absolute Gasteiger partial charge is 0.184 e. The SMILES string of the molecule is NCCc1cn(CS(=O)(=O)C2CCCN2)c2ccccc12. The van der Waals surface area contributed by atoms with E-state index in [4.69, 9.17) is 5.73 Å². The van der Waals surface area contributed by atoms with Crippen LogP contribution in [0.5, 0.6) is 0 Å². The van der Waals surface area contributed by atoms with Crippen molar-refractivity contribution in [3.05, 3.63) is 36.0 Å². The predicted molar refractivity (Wildman–Crippen MR) is 84.6 cm³/mol. The lowest BCUT2D eigenvalue weighted by atomic mass is 10.1. The lowest BCUT2D eigenvalue weighted by molar-refractivity contribution is 0.561. The number of sulfone groups is 1. The van der Waals surface area contributed by atoms with Gasteiger partial charge in [0, 0.05) is 17.1 Å². The molecular formula is C15H21N3O2S. The zero-order valence-corrected chi connectivity index (χ0v) is 12.8. The lowest BCUT2D eigenvalue weighted by Crippen LogP contribution is -2.33. The first-order valence-electron chi connectivity index (χ1n) is 7.33. The maximum atomic E-state index is 12.5. The second-order valence-corrected chi connectivity index (χ2v) is 7.71. The van der Waals surface area contributed by atoms with Crippen LogP contribution in [0.15, 0.2) is 30.5 Å². The molecule has 1 saturated heterocycles. The van der Waals surface area contributed by atoms with Crippen LogP contribution in [-0.4, -0.2) is 31.4 Å². The summed E-state index contributed by atoms with van der Waals surface area (Å²) in [5.41, 5.74) is 7.72. The van der Waals surface area contributed by atoms with E-state index in [1.54, 1.807) is 0 Å². The van der Waals surface area contributed by atoms with Crippen molar-refractivity contribution in [2.75, 3.05) is 13.1 Å². The van der Waals surface area contributed by atoms with E-state index in [9.17, 15) is 8.42 Å². The Balaban J connectivity index is 1.97. The van der Waals surface area contributed by atoms with Gasteiger partial charge in [0.15, 0.2) is 9.84 Å². The number of nitrogens with two attached hydrogens (primary N) is 1. The molecule has 0 amide bonds. The highest BCUT2D eigenvalue weighted by molar-refractivity contribution is 7.91. The van der Waals surface area contributed by atoms with Gasteiger partial charge in [0.25, 0.3) is 0 Å². The molecule has 1 aromatic heterocycles. The summed E-state index contributed by atoms with van der Waals surface area (Å²) < 4.78 is 26.9. The van der Waals surface area contributed by atoms with Crippen LogP contribution in [0, 0.1) is 0 Å². The van der Waals surface area contributed by atoms with Crippen LogP contribution in [0.3, 0.4) is 0 Å². The van der Waals surface area contributed by atoms with Gasteiger partial charge in [0.05, 0.1) is 0 Å². The average molecular weight is 307 g/mol. The molecule has 2 aromatic rings. The Hall–Kier alpha value is -1.37. The first-order chi connectivity index (χ1) is 10.1. The third-order valence-corrected chi connectivity index (χ3v) is 5.96. The van der Waals surface area contributed by atoms with Gasteiger partial charge in [-0.15, -0.1) is 0 Å². The molecule has 0 radical (unpaired) electrons. The van der Waals surface area contributed by atoms with Crippen molar-refractivity contribution >= 4 is 20.7 Å². The van der Waals surface area contributed by atoms with Crippen molar-refractivity contribution in [3.8, 4) is 0 Å². The fourth-order valence-electron chi connectivity index (χ4n) is 3.03. The summed E-state index contributed by atoms with van der Waals surface area (Å²) in [6, 6.07) is 7.90. The number of nitrogens with one attached hydrogen (secondary N) is 1. The van der Waals surface area contributed by atoms with Gasteiger partial charge < -0.3 is 15.6 Å². The van der Waals surface area contributed by atoms with E-state index in [-0.39, 0.29) is 5.88 Å². The van der Waals surface area contributed by atoms with E-state index in [0.29, 0.717) is 13.0 Å². The number of aromatic nitrogens is 1. The zero-order valence-electron chi connectivity index (χ0n) is 12.0. The van der Waals surface area contributed by atoms with Crippen molar-refractivity contribution < 1.29 is 8.42 Å². The molecule has 1 atom stereocenters. The maximum Gasteiger partial charge on any atom is 0.184 e. The molecule has 3 N–H and O–H groups in total. The van der Waals surface area contributed by atoms with Crippen molar-refractivity contribution in [1.82, 2.24) is 9.88 Å². The van der Waals surface area contributed by atoms with E-state index in [1.807, 2.05) is 35.0 Å². The fraction of sp³-hybridized carbons (Fsp3) is 0.467. The molecule has 21 heavy (non-hydrogen) atoms. The lowest BCUT2D eigenvalue weighted by Gasteiger charge is -2.13. The fourth-order valence-corrected chi connectivity index (χ4v) is 4.71. The number of benzene rings is 1. The largest absolute Gasteiger partial charge is 0.332 e. The molecule has 3 rings (SSSR count). The molecule has 1 fully saturated rings. The number of rotatable bonds is 5. The minimum Gasteiger partial charge on any atom is -0.332 e. The molecule has 0 bridgehead atoms. The summed E-state index contributed by atoms with van der Waals surface area (Å²) in [5.74, 6) is 0.0236. The number of para-hydroxylation sites is 1. The van der Waals surface area contributed by atoms with Crippen LogP contribution in [0.1, 0.15) is 18.4 Å². The van der Waals surface area contributed by atoms with Crippen LogP contribution in [0.25, 0.3) is 10.9 Å². The van der Waals surface area contributed by atoms with Crippen LogP contribution < -0.4 is 11.1 Å². The van der Waals surface area contributed by atoms with Crippen LogP contribution >= 0.6 is 0 Å². The average Bonchev–Trinajstić information content (AvgIpc) is 3.09. The molecule has 0 spiro atoms. The van der Waals surface area contributed by atoms with Crippen molar-refractivity contribution in [2.45, 2.75) is 30.5 Å². The van der Waals surface area contributed by atoms with Crippen LogP contribution in [0.4, 0.5) is 0 Å². The van der Waals surface area contributed by atoms with Gasteiger partial charge in [0.1, 0.15) is 11.3 Å². The van der Waals surface area contributed by atoms with Crippen LogP contribution in [0.2, 0.25) is 0 Å². The second-order valence-electron chi connectivity index (χ2n) is 5.56. The zero-order chi connectivity index (χ0) is 14.9. The Morgan fingerprint density at radius 1 is 1.33 bits per heavy atom. The molecule has 1 aliphatic heterocycles. The van der Waals surface area contributed by atoms with Gasteiger partial charge >= 0.3 is 0 Å². The molecule has 2 heterocycles. The van der Waals surface area contributed by atoms with Gasteiger partial charge in [-0.1, -0.05) is 18.2 Å². The molecule has 6 heteroatoms. The Labute approximate surface area is 125 Å². The minimum atomic E-state index is -3.19. The van der Waals surface area contributed by atoms with Gasteiger partial charge in [-0.2, -0.15) is 0 Å². The quantitative estimate of drug-likeness (QED) is 0.871. The van der Waals surface area contributed by atoms with Crippen LogP contribution in [-0.2, 0) is 22.1 Å². The number of hydrogen-bond donors (Lipinski definition) is 2. The summed E-state index contributed by atoms with van der Waals surface area (Å²) in [4.78, 5) is 0. The topological polar surface area (TPSA) is 77.1 Å². The Bertz CT molecular complexity index is 730. The first-order valence-corrected chi connectivity index (χ1v) is 9.05. The number of nitrogens with zero attached hydrogens (tertiary/aromatic N) is 1. The summed E-state index contributed by atoms with van der Waals surface area (Å²) in [7, 11) is -3.19. The Morgan fingerprint density at radius 2 is 2.14 bits per heavy atom. The van der Waals surface area contributed by atoms with E-state index < -0.39 is 15.2 Å². The number of hydrogen-bond acceptors (Lipinski definition) is 4. The van der Waals surface area contributed by atoms with Crippen molar-refractivity contribution in [2.24, 2.45) is 5.73 Å². The molecule has 0 saturated carbocycles. The van der Waals surface area contributed by atoms with Crippen molar-refractivity contribution in [1.29, 1.82) is 0 Å². The van der Waals surface area contributed by atoms with E-state index in [0.717, 1.165) is 35.9 Å². The third-order valence-electron chi connectivity index (χ3n) is 4.05. The normalized spacial score (nSPS) is 19.4. The summed E-state index contributed by atoms with van der Waals surface area (Å²) in [6.45, 7) is 1.35. The monoisotopic (exact) mass is 307 g/mol. The van der Waals surface area contributed by atoms with E-state index >= 15 is 0 Å². The molecule has 1 aliphatic rings.